The van der Waals surface area contributed by atoms with Crippen molar-refractivity contribution in [3.8, 4) is 0 Å². The number of nitrogens with zero attached hydrogens (tertiary/aromatic N) is 1. The zero-order valence-corrected chi connectivity index (χ0v) is 8.99. The van der Waals surface area contributed by atoms with Crippen LogP contribution in [0.1, 0.15) is 6.92 Å². The Hall–Kier alpha value is -1.33. The van der Waals surface area contributed by atoms with Gasteiger partial charge in [-0.2, -0.15) is 0 Å². The number of nitro groups is 1. The summed E-state index contributed by atoms with van der Waals surface area (Å²) in [5.74, 6) is 0. The van der Waals surface area contributed by atoms with E-state index < -0.39 is 4.92 Å². The molecule has 0 radical (unpaired) electrons. The molecule has 0 amide bonds. The number of nitrogens with two attached hydrogens (primary N) is 1. The molecule has 15 heavy (non-hydrogen) atoms. The van der Waals surface area contributed by atoms with Gasteiger partial charge in [-0.05, 0) is 19.1 Å². The van der Waals surface area contributed by atoms with Crippen LogP contribution in [-0.2, 0) is 0 Å². The van der Waals surface area contributed by atoms with Crippen LogP contribution in [0.3, 0.4) is 0 Å². The fourth-order valence-electron chi connectivity index (χ4n) is 1.08. The molecule has 0 spiro atoms. The van der Waals surface area contributed by atoms with Gasteiger partial charge in [-0.15, -0.1) is 0 Å². The number of nitro benzene ring substituents is 1. The molecule has 0 bridgehead atoms. The maximum absolute atomic E-state index is 10.7. The van der Waals surface area contributed by atoms with Crippen molar-refractivity contribution in [1.82, 2.24) is 0 Å². The van der Waals surface area contributed by atoms with Crippen molar-refractivity contribution in [1.29, 1.82) is 0 Å². The Balaban J connectivity index is 2.91. The normalized spacial score (nSPS) is 12.2. The Bertz CT molecular complexity index is 368. The second-order valence-electron chi connectivity index (χ2n) is 3.28. The Labute approximate surface area is 92.4 Å². The van der Waals surface area contributed by atoms with Crippen molar-refractivity contribution >= 4 is 23.0 Å². The monoisotopic (exact) mass is 229 g/mol. The second kappa shape index (κ2) is 4.95. The summed E-state index contributed by atoms with van der Waals surface area (Å²) in [6.45, 7) is 2.29. The summed E-state index contributed by atoms with van der Waals surface area (Å²) >= 11 is 5.67. The molecule has 0 aliphatic carbocycles. The standard InChI is InChI=1S/C9H12ClN3O2/c1-6(11)5-12-8-3-2-7(10)4-9(8)13(14)15/h2-4,6,12H,5,11H2,1H3/t6-/m0/s1. The minimum absolute atomic E-state index is 0.0387. The number of anilines is 1. The van der Waals surface area contributed by atoms with Gasteiger partial charge in [0.05, 0.1) is 4.92 Å². The SMILES string of the molecule is C[C@H](N)CNc1ccc(Cl)cc1[N+](=O)[O-]. The quantitative estimate of drug-likeness (QED) is 0.611. The van der Waals surface area contributed by atoms with Gasteiger partial charge in [-0.1, -0.05) is 11.6 Å². The summed E-state index contributed by atoms with van der Waals surface area (Å²) in [4.78, 5) is 10.2. The largest absolute Gasteiger partial charge is 0.378 e. The van der Waals surface area contributed by atoms with Crippen molar-refractivity contribution in [2.24, 2.45) is 5.73 Å². The van der Waals surface area contributed by atoms with Gasteiger partial charge in [0.2, 0.25) is 0 Å². The van der Waals surface area contributed by atoms with Crippen LogP contribution in [0.25, 0.3) is 0 Å². The van der Waals surface area contributed by atoms with Crippen molar-refractivity contribution in [3.05, 3.63) is 33.3 Å². The summed E-state index contributed by atoms with van der Waals surface area (Å²) in [6.07, 6.45) is 0. The third-order valence-corrected chi connectivity index (χ3v) is 2.01. The molecule has 82 valence electrons. The first-order valence-corrected chi connectivity index (χ1v) is 4.82. The van der Waals surface area contributed by atoms with Crippen LogP contribution in [0.2, 0.25) is 5.02 Å². The van der Waals surface area contributed by atoms with Crippen molar-refractivity contribution in [2.75, 3.05) is 11.9 Å². The molecule has 1 rings (SSSR count). The summed E-state index contributed by atoms with van der Waals surface area (Å²) in [6, 6.07) is 4.41. The fourth-order valence-corrected chi connectivity index (χ4v) is 1.24. The van der Waals surface area contributed by atoms with Crippen LogP contribution >= 0.6 is 11.6 Å². The molecule has 0 aliphatic heterocycles. The first-order chi connectivity index (χ1) is 7.00. The average molecular weight is 230 g/mol. The number of hydrogen-bond acceptors (Lipinski definition) is 4. The van der Waals surface area contributed by atoms with Gasteiger partial charge in [0.15, 0.2) is 0 Å². The van der Waals surface area contributed by atoms with Crippen molar-refractivity contribution in [2.45, 2.75) is 13.0 Å². The minimum atomic E-state index is -0.477. The second-order valence-corrected chi connectivity index (χ2v) is 3.71. The molecule has 0 saturated carbocycles. The molecular formula is C9H12ClN3O2. The van der Waals surface area contributed by atoms with Crippen LogP contribution in [0, 0.1) is 10.1 Å². The first-order valence-electron chi connectivity index (χ1n) is 4.44. The van der Waals surface area contributed by atoms with E-state index in [9.17, 15) is 10.1 Å². The fraction of sp³-hybridized carbons (Fsp3) is 0.333. The zero-order chi connectivity index (χ0) is 11.4. The van der Waals surface area contributed by atoms with E-state index in [0.29, 0.717) is 17.3 Å². The Morgan fingerprint density at radius 2 is 2.33 bits per heavy atom. The number of benzene rings is 1. The van der Waals surface area contributed by atoms with E-state index in [1.54, 1.807) is 12.1 Å². The van der Waals surface area contributed by atoms with Gasteiger partial charge in [0.25, 0.3) is 5.69 Å². The highest BCUT2D eigenvalue weighted by molar-refractivity contribution is 6.30. The smallest absolute Gasteiger partial charge is 0.293 e. The van der Waals surface area contributed by atoms with Gasteiger partial charge in [-0.3, -0.25) is 10.1 Å². The van der Waals surface area contributed by atoms with Crippen molar-refractivity contribution in [3.63, 3.8) is 0 Å². The Morgan fingerprint density at radius 1 is 1.67 bits per heavy atom. The van der Waals surface area contributed by atoms with E-state index in [-0.39, 0.29) is 11.7 Å². The molecule has 3 N–H and O–H groups in total. The number of nitrogens with one attached hydrogen (secondary N) is 1. The lowest BCUT2D eigenvalue weighted by atomic mass is 10.2. The van der Waals surface area contributed by atoms with Gasteiger partial charge in [0, 0.05) is 23.7 Å². The lowest BCUT2D eigenvalue weighted by Crippen LogP contribution is -2.25. The third kappa shape index (κ3) is 3.38. The van der Waals surface area contributed by atoms with Gasteiger partial charge in [0.1, 0.15) is 5.69 Å². The van der Waals surface area contributed by atoms with Gasteiger partial charge in [-0.25, -0.2) is 0 Å². The molecule has 0 unspecified atom stereocenters. The molecule has 1 aromatic rings. The average Bonchev–Trinajstić information content (AvgIpc) is 2.15. The summed E-state index contributed by atoms with van der Waals surface area (Å²) in [7, 11) is 0. The zero-order valence-electron chi connectivity index (χ0n) is 8.24. The Kier molecular flexibility index (Phi) is 3.88. The predicted octanol–water partition coefficient (Wildman–Crippen LogP) is 2.01. The minimum Gasteiger partial charge on any atom is -0.378 e. The number of rotatable bonds is 4. The van der Waals surface area contributed by atoms with E-state index in [1.165, 1.54) is 6.07 Å². The predicted molar refractivity (Wildman–Crippen MR) is 60.2 cm³/mol. The number of halogens is 1. The van der Waals surface area contributed by atoms with Gasteiger partial charge < -0.3 is 11.1 Å². The van der Waals surface area contributed by atoms with Crippen LogP contribution < -0.4 is 11.1 Å². The maximum Gasteiger partial charge on any atom is 0.293 e. The molecular weight excluding hydrogens is 218 g/mol. The van der Waals surface area contributed by atoms with Crippen LogP contribution in [-0.4, -0.2) is 17.5 Å². The van der Waals surface area contributed by atoms with Crippen molar-refractivity contribution < 1.29 is 4.92 Å². The molecule has 0 saturated heterocycles. The molecule has 0 aliphatic rings. The lowest BCUT2D eigenvalue weighted by molar-refractivity contribution is -0.383. The first kappa shape index (κ1) is 11.7. The summed E-state index contributed by atoms with van der Waals surface area (Å²) < 4.78 is 0. The van der Waals surface area contributed by atoms with E-state index in [0.717, 1.165) is 0 Å². The van der Waals surface area contributed by atoms with Crippen LogP contribution in [0.5, 0.6) is 0 Å². The summed E-state index contributed by atoms with van der Waals surface area (Å²) in [5.41, 5.74) is 5.93. The van der Waals surface area contributed by atoms with E-state index in [4.69, 9.17) is 17.3 Å². The number of hydrogen-bond donors (Lipinski definition) is 2. The molecule has 1 aromatic carbocycles. The molecule has 0 aromatic heterocycles. The van der Waals surface area contributed by atoms with Crippen LogP contribution in [0.4, 0.5) is 11.4 Å². The lowest BCUT2D eigenvalue weighted by Gasteiger charge is -2.09. The molecule has 0 fully saturated rings. The van der Waals surface area contributed by atoms with E-state index in [2.05, 4.69) is 5.32 Å². The maximum atomic E-state index is 10.7. The van der Waals surface area contributed by atoms with E-state index in [1.807, 2.05) is 6.92 Å². The van der Waals surface area contributed by atoms with E-state index >= 15 is 0 Å². The molecule has 5 nitrogen and oxygen atoms in total. The topological polar surface area (TPSA) is 81.2 Å². The highest BCUT2D eigenvalue weighted by Gasteiger charge is 2.13. The summed E-state index contributed by atoms with van der Waals surface area (Å²) in [5, 5.41) is 13.9. The highest BCUT2D eigenvalue weighted by Crippen LogP contribution is 2.27. The Morgan fingerprint density at radius 3 is 2.87 bits per heavy atom. The van der Waals surface area contributed by atoms with Crippen LogP contribution in [0.15, 0.2) is 18.2 Å². The molecule has 6 heteroatoms. The van der Waals surface area contributed by atoms with Gasteiger partial charge >= 0.3 is 0 Å². The molecule has 0 heterocycles. The highest BCUT2D eigenvalue weighted by atomic mass is 35.5. The molecule has 1 atom stereocenters. The third-order valence-electron chi connectivity index (χ3n) is 1.77.